The van der Waals surface area contributed by atoms with Gasteiger partial charge in [-0.05, 0) is 0 Å². The van der Waals surface area contributed by atoms with Gasteiger partial charge in [0.05, 0.1) is 24.9 Å². The van der Waals surface area contributed by atoms with E-state index in [0.717, 1.165) is 5.69 Å². The second kappa shape index (κ2) is 5.64. The molecule has 2 aromatic heterocycles. The maximum Gasteiger partial charge on any atom is 0.351 e. The SMILES string of the molecule is COC(=O)c1sc(N(C)Cc2cscn2)nc1Cl. The van der Waals surface area contributed by atoms with Crippen LogP contribution < -0.4 is 4.90 Å². The number of methoxy groups -OCH3 is 1. The fraction of sp³-hybridized carbons (Fsp3) is 0.300. The molecule has 0 spiro atoms. The second-order valence-corrected chi connectivity index (χ2v) is 5.50. The van der Waals surface area contributed by atoms with Crippen molar-refractivity contribution in [1.29, 1.82) is 0 Å². The minimum Gasteiger partial charge on any atom is -0.465 e. The van der Waals surface area contributed by atoms with Crippen molar-refractivity contribution >= 4 is 45.4 Å². The summed E-state index contributed by atoms with van der Waals surface area (Å²) < 4.78 is 4.63. The van der Waals surface area contributed by atoms with Crippen LogP contribution in [0.1, 0.15) is 15.4 Å². The van der Waals surface area contributed by atoms with Crippen LogP contribution in [0.15, 0.2) is 10.9 Å². The molecule has 0 amide bonds. The first-order valence-electron chi connectivity index (χ1n) is 4.94. The minimum atomic E-state index is -0.467. The molecule has 2 rings (SSSR count). The molecular formula is C10H10ClN3O2S2. The van der Waals surface area contributed by atoms with E-state index in [1.807, 2.05) is 17.3 Å². The second-order valence-electron chi connectivity index (χ2n) is 3.44. The summed E-state index contributed by atoms with van der Waals surface area (Å²) in [6.45, 7) is 0.619. The van der Waals surface area contributed by atoms with E-state index in [4.69, 9.17) is 11.6 Å². The smallest absolute Gasteiger partial charge is 0.351 e. The maximum atomic E-state index is 11.4. The Bertz CT molecular complexity index is 541. The van der Waals surface area contributed by atoms with E-state index in [2.05, 4.69) is 14.7 Å². The third-order valence-corrected chi connectivity index (χ3v) is 4.33. The molecule has 0 atom stereocenters. The van der Waals surface area contributed by atoms with Crippen LogP contribution in [0.5, 0.6) is 0 Å². The summed E-state index contributed by atoms with van der Waals surface area (Å²) in [5.41, 5.74) is 2.73. The van der Waals surface area contributed by atoms with Crippen molar-refractivity contribution in [1.82, 2.24) is 9.97 Å². The van der Waals surface area contributed by atoms with Gasteiger partial charge in [-0.15, -0.1) is 11.3 Å². The van der Waals surface area contributed by atoms with Crippen LogP contribution in [0.3, 0.4) is 0 Å². The van der Waals surface area contributed by atoms with E-state index in [-0.39, 0.29) is 5.15 Å². The molecule has 0 bridgehead atoms. The number of anilines is 1. The summed E-state index contributed by atoms with van der Waals surface area (Å²) in [5, 5.41) is 2.80. The van der Waals surface area contributed by atoms with Gasteiger partial charge in [-0.25, -0.2) is 14.8 Å². The zero-order valence-electron chi connectivity index (χ0n) is 9.71. The summed E-state index contributed by atoms with van der Waals surface area (Å²) in [6.07, 6.45) is 0. The summed E-state index contributed by atoms with van der Waals surface area (Å²) in [5.74, 6) is -0.467. The number of hydrogen-bond acceptors (Lipinski definition) is 7. The predicted molar refractivity (Wildman–Crippen MR) is 72.7 cm³/mol. The fourth-order valence-electron chi connectivity index (χ4n) is 1.30. The Hall–Kier alpha value is -1.18. The highest BCUT2D eigenvalue weighted by Gasteiger charge is 2.19. The van der Waals surface area contributed by atoms with Gasteiger partial charge in [0.1, 0.15) is 0 Å². The molecule has 96 valence electrons. The van der Waals surface area contributed by atoms with Crippen LogP contribution in [0.4, 0.5) is 5.13 Å². The highest BCUT2D eigenvalue weighted by molar-refractivity contribution is 7.18. The van der Waals surface area contributed by atoms with Gasteiger partial charge in [0.2, 0.25) is 0 Å². The van der Waals surface area contributed by atoms with E-state index in [1.165, 1.54) is 29.8 Å². The number of ether oxygens (including phenoxy) is 1. The molecule has 0 fully saturated rings. The fourth-order valence-corrected chi connectivity index (χ4v) is 3.01. The molecule has 8 heteroatoms. The Morgan fingerprint density at radius 3 is 3.00 bits per heavy atom. The van der Waals surface area contributed by atoms with E-state index < -0.39 is 5.97 Å². The Morgan fingerprint density at radius 2 is 2.39 bits per heavy atom. The van der Waals surface area contributed by atoms with E-state index in [1.54, 1.807) is 5.51 Å². The van der Waals surface area contributed by atoms with E-state index in [0.29, 0.717) is 16.6 Å². The van der Waals surface area contributed by atoms with Crippen LogP contribution in [-0.4, -0.2) is 30.1 Å². The van der Waals surface area contributed by atoms with Crippen LogP contribution >= 0.6 is 34.3 Å². The van der Waals surface area contributed by atoms with E-state index >= 15 is 0 Å². The van der Waals surface area contributed by atoms with Crippen molar-refractivity contribution in [3.63, 3.8) is 0 Å². The predicted octanol–water partition coefficient (Wildman–Crippen LogP) is 2.68. The molecule has 0 aromatic carbocycles. The number of rotatable bonds is 4. The largest absolute Gasteiger partial charge is 0.465 e. The molecule has 0 aliphatic rings. The van der Waals surface area contributed by atoms with Gasteiger partial charge in [0.25, 0.3) is 0 Å². The Labute approximate surface area is 117 Å². The number of thiazole rings is 2. The highest BCUT2D eigenvalue weighted by atomic mass is 35.5. The van der Waals surface area contributed by atoms with Crippen molar-refractivity contribution in [3.8, 4) is 0 Å². The molecule has 2 heterocycles. The lowest BCUT2D eigenvalue weighted by Gasteiger charge is -2.13. The van der Waals surface area contributed by atoms with Crippen LogP contribution in [0.25, 0.3) is 0 Å². The van der Waals surface area contributed by atoms with Crippen molar-refractivity contribution in [2.45, 2.75) is 6.54 Å². The number of nitrogens with zero attached hydrogens (tertiary/aromatic N) is 3. The van der Waals surface area contributed by atoms with Gasteiger partial charge in [-0.1, -0.05) is 22.9 Å². The minimum absolute atomic E-state index is 0.173. The summed E-state index contributed by atoms with van der Waals surface area (Å²) in [7, 11) is 3.19. The lowest BCUT2D eigenvalue weighted by molar-refractivity contribution is 0.0606. The summed E-state index contributed by atoms with van der Waals surface area (Å²) in [6, 6.07) is 0. The Kier molecular flexibility index (Phi) is 4.15. The van der Waals surface area contributed by atoms with Crippen molar-refractivity contribution in [3.05, 3.63) is 26.6 Å². The van der Waals surface area contributed by atoms with Gasteiger partial charge >= 0.3 is 5.97 Å². The highest BCUT2D eigenvalue weighted by Crippen LogP contribution is 2.30. The van der Waals surface area contributed by atoms with Crippen LogP contribution in [0.2, 0.25) is 5.15 Å². The maximum absolute atomic E-state index is 11.4. The molecule has 0 N–H and O–H groups in total. The zero-order chi connectivity index (χ0) is 13.1. The van der Waals surface area contributed by atoms with Gasteiger partial charge in [-0.2, -0.15) is 0 Å². The lowest BCUT2D eigenvalue weighted by Crippen LogP contribution is -2.16. The normalized spacial score (nSPS) is 10.4. The standard InChI is InChI=1S/C10H10ClN3O2S2/c1-14(3-6-4-17-5-12-6)10-13-8(11)7(18-10)9(15)16-2/h4-5H,3H2,1-2H3. The third-order valence-electron chi connectivity index (χ3n) is 2.15. The molecule has 0 unspecified atom stereocenters. The molecule has 0 saturated heterocycles. The Balaban J connectivity index is 2.16. The average Bonchev–Trinajstić information content (AvgIpc) is 2.97. The molecule has 0 aliphatic heterocycles. The zero-order valence-corrected chi connectivity index (χ0v) is 12.1. The number of hydrogen-bond donors (Lipinski definition) is 0. The lowest BCUT2D eigenvalue weighted by atomic mass is 10.5. The number of aromatic nitrogens is 2. The van der Waals surface area contributed by atoms with Crippen LogP contribution in [-0.2, 0) is 11.3 Å². The van der Waals surface area contributed by atoms with Crippen molar-refractivity contribution in [2.75, 3.05) is 19.1 Å². The van der Waals surface area contributed by atoms with Crippen LogP contribution in [0, 0.1) is 0 Å². The first kappa shape index (κ1) is 13.3. The molecule has 2 aromatic rings. The number of carbonyl (C=O) groups is 1. The van der Waals surface area contributed by atoms with Gasteiger partial charge in [0, 0.05) is 12.4 Å². The monoisotopic (exact) mass is 303 g/mol. The first-order valence-corrected chi connectivity index (χ1v) is 7.08. The van der Waals surface area contributed by atoms with E-state index in [9.17, 15) is 4.79 Å². The van der Waals surface area contributed by atoms with Crippen molar-refractivity contribution < 1.29 is 9.53 Å². The third kappa shape index (κ3) is 2.80. The molecule has 5 nitrogen and oxygen atoms in total. The molecule has 18 heavy (non-hydrogen) atoms. The van der Waals surface area contributed by atoms with Crippen molar-refractivity contribution in [2.24, 2.45) is 0 Å². The molecule has 0 aliphatic carbocycles. The average molecular weight is 304 g/mol. The summed E-state index contributed by atoms with van der Waals surface area (Å²) in [4.78, 5) is 22.0. The molecule has 0 radical (unpaired) electrons. The quantitative estimate of drug-likeness (QED) is 0.813. The molecule has 0 saturated carbocycles. The van der Waals surface area contributed by atoms with Gasteiger partial charge in [-0.3, -0.25) is 0 Å². The molecular weight excluding hydrogens is 294 g/mol. The topological polar surface area (TPSA) is 55.3 Å². The number of carbonyl (C=O) groups excluding carboxylic acids is 1. The summed E-state index contributed by atoms with van der Waals surface area (Å²) >= 11 is 8.65. The number of halogens is 1. The Morgan fingerprint density at radius 1 is 1.61 bits per heavy atom. The van der Waals surface area contributed by atoms with Gasteiger partial charge < -0.3 is 9.64 Å². The number of esters is 1. The van der Waals surface area contributed by atoms with Gasteiger partial charge in [0.15, 0.2) is 15.2 Å². The first-order chi connectivity index (χ1) is 8.61.